The Morgan fingerprint density at radius 3 is 1.96 bits per heavy atom. The van der Waals surface area contributed by atoms with Gasteiger partial charge in [-0.25, -0.2) is 8.42 Å². The van der Waals surface area contributed by atoms with Crippen molar-refractivity contribution in [2.75, 3.05) is 45.5 Å². The molecule has 3 rings (SSSR count). The van der Waals surface area contributed by atoms with Gasteiger partial charge in [-0.15, -0.1) is 12.4 Å². The monoisotopic (exact) mass is 421 g/mol. The van der Waals surface area contributed by atoms with E-state index in [0.717, 1.165) is 25.7 Å². The van der Waals surface area contributed by atoms with Crippen LogP contribution in [0.5, 0.6) is 0 Å². The zero-order valence-electron chi connectivity index (χ0n) is 16.1. The Morgan fingerprint density at radius 2 is 1.44 bits per heavy atom. The van der Waals surface area contributed by atoms with Gasteiger partial charge in [-0.3, -0.25) is 9.59 Å². The van der Waals surface area contributed by atoms with E-state index in [4.69, 9.17) is 0 Å². The van der Waals surface area contributed by atoms with Crippen LogP contribution in [0, 0.1) is 5.92 Å². The van der Waals surface area contributed by atoms with E-state index in [1.807, 2.05) is 4.90 Å². The lowest BCUT2D eigenvalue weighted by Gasteiger charge is -2.42. The Hall–Kier alpha value is -0.860. The second-order valence-electron chi connectivity index (χ2n) is 7.97. The maximum atomic E-state index is 13.1. The molecule has 2 saturated heterocycles. The van der Waals surface area contributed by atoms with Crippen molar-refractivity contribution in [1.82, 2.24) is 15.1 Å². The van der Waals surface area contributed by atoms with Crippen LogP contribution in [0.3, 0.4) is 0 Å². The van der Waals surface area contributed by atoms with Gasteiger partial charge in [-0.1, -0.05) is 19.3 Å². The predicted octanol–water partition coefficient (Wildman–Crippen LogP) is 0.826. The molecule has 1 saturated carbocycles. The van der Waals surface area contributed by atoms with Gasteiger partial charge in [0.1, 0.15) is 0 Å². The van der Waals surface area contributed by atoms with Crippen LogP contribution in [0.15, 0.2) is 0 Å². The first-order valence-corrected chi connectivity index (χ1v) is 11.7. The molecule has 0 radical (unpaired) electrons. The summed E-state index contributed by atoms with van der Waals surface area (Å²) in [5, 5.41) is 3.14. The molecular weight excluding hydrogens is 390 g/mol. The highest BCUT2D eigenvalue weighted by molar-refractivity contribution is 7.92. The molecule has 27 heavy (non-hydrogen) atoms. The maximum absolute atomic E-state index is 13.1. The molecule has 0 aromatic heterocycles. The van der Waals surface area contributed by atoms with Crippen LogP contribution < -0.4 is 5.32 Å². The van der Waals surface area contributed by atoms with E-state index in [2.05, 4.69) is 5.32 Å². The van der Waals surface area contributed by atoms with E-state index in [-0.39, 0.29) is 30.1 Å². The molecule has 7 nitrogen and oxygen atoms in total. The fourth-order valence-corrected chi connectivity index (χ4v) is 5.99. The Labute approximate surface area is 168 Å². The molecule has 0 aromatic carbocycles. The van der Waals surface area contributed by atoms with Crippen LogP contribution in [0.2, 0.25) is 0 Å². The second kappa shape index (κ2) is 9.09. The number of carbonyl (C=O) groups excluding carboxylic acids is 2. The first-order chi connectivity index (χ1) is 12.3. The largest absolute Gasteiger partial charge is 0.339 e. The SMILES string of the molecule is CS(=O)(=O)C1(C(=O)N2CCN(C(=O)C3CCCCC3)CC2)CCNCC1.Cl. The number of halogens is 1. The average molecular weight is 422 g/mol. The van der Waals surface area contributed by atoms with E-state index in [9.17, 15) is 18.0 Å². The lowest BCUT2D eigenvalue weighted by atomic mass is 9.88. The summed E-state index contributed by atoms with van der Waals surface area (Å²) in [5.41, 5.74) is 0. The second-order valence-corrected chi connectivity index (χ2v) is 10.3. The molecule has 1 N–H and O–H groups in total. The molecule has 0 spiro atoms. The third-order valence-corrected chi connectivity index (χ3v) is 8.35. The van der Waals surface area contributed by atoms with Gasteiger partial charge < -0.3 is 15.1 Å². The van der Waals surface area contributed by atoms with E-state index in [1.54, 1.807) is 4.90 Å². The number of hydrogen-bond acceptors (Lipinski definition) is 5. The van der Waals surface area contributed by atoms with Crippen LogP contribution in [0.4, 0.5) is 0 Å². The van der Waals surface area contributed by atoms with Crippen LogP contribution >= 0.6 is 12.4 Å². The normalized spacial score (nSPS) is 24.2. The topological polar surface area (TPSA) is 86.8 Å². The van der Waals surface area contributed by atoms with Crippen LogP contribution in [-0.2, 0) is 19.4 Å². The number of carbonyl (C=O) groups is 2. The van der Waals surface area contributed by atoms with Crippen LogP contribution in [-0.4, -0.2) is 80.3 Å². The molecule has 3 aliphatic rings. The molecule has 1 aliphatic carbocycles. The third kappa shape index (κ3) is 4.59. The Balaban J connectivity index is 0.00000261. The van der Waals surface area contributed by atoms with Crippen molar-refractivity contribution in [3.63, 3.8) is 0 Å². The fraction of sp³-hybridized carbons (Fsp3) is 0.889. The summed E-state index contributed by atoms with van der Waals surface area (Å²) in [6.45, 7) is 2.97. The van der Waals surface area contributed by atoms with Crippen molar-refractivity contribution < 1.29 is 18.0 Å². The van der Waals surface area contributed by atoms with Crippen molar-refractivity contribution in [2.45, 2.75) is 49.7 Å². The molecular formula is C18H32ClN3O4S. The third-order valence-electron chi connectivity index (χ3n) is 6.34. The fourth-order valence-electron chi connectivity index (χ4n) is 4.60. The molecule has 0 atom stereocenters. The first-order valence-electron chi connectivity index (χ1n) is 9.84. The van der Waals surface area contributed by atoms with Gasteiger partial charge in [0.05, 0.1) is 0 Å². The highest BCUT2D eigenvalue weighted by Crippen LogP contribution is 2.31. The van der Waals surface area contributed by atoms with E-state index >= 15 is 0 Å². The molecule has 2 aliphatic heterocycles. The molecule has 2 heterocycles. The highest BCUT2D eigenvalue weighted by Gasteiger charge is 2.50. The van der Waals surface area contributed by atoms with Gasteiger partial charge in [0.2, 0.25) is 11.8 Å². The number of nitrogens with zero attached hydrogens (tertiary/aromatic N) is 2. The van der Waals surface area contributed by atoms with Crippen molar-refractivity contribution in [2.24, 2.45) is 5.92 Å². The van der Waals surface area contributed by atoms with Gasteiger partial charge in [0.15, 0.2) is 14.6 Å². The minimum Gasteiger partial charge on any atom is -0.339 e. The molecule has 156 valence electrons. The minimum atomic E-state index is -3.49. The minimum absolute atomic E-state index is 0. The van der Waals surface area contributed by atoms with Crippen molar-refractivity contribution in [3.8, 4) is 0 Å². The van der Waals surface area contributed by atoms with Crippen molar-refractivity contribution in [3.05, 3.63) is 0 Å². The number of amides is 2. The maximum Gasteiger partial charge on any atom is 0.244 e. The average Bonchev–Trinajstić information content (AvgIpc) is 2.67. The lowest BCUT2D eigenvalue weighted by molar-refractivity contribution is -0.144. The Bertz CT molecular complexity index is 635. The Kier molecular flexibility index (Phi) is 7.55. The number of piperidine rings is 1. The van der Waals surface area contributed by atoms with Gasteiger partial charge in [-0.05, 0) is 38.8 Å². The van der Waals surface area contributed by atoms with E-state index in [1.165, 1.54) is 12.7 Å². The van der Waals surface area contributed by atoms with Gasteiger partial charge >= 0.3 is 0 Å². The van der Waals surface area contributed by atoms with Crippen LogP contribution in [0.1, 0.15) is 44.9 Å². The van der Waals surface area contributed by atoms with Gasteiger partial charge in [0, 0.05) is 38.4 Å². The summed E-state index contributed by atoms with van der Waals surface area (Å²) in [4.78, 5) is 29.3. The molecule has 0 unspecified atom stereocenters. The van der Waals surface area contributed by atoms with Gasteiger partial charge in [0.25, 0.3) is 0 Å². The summed E-state index contributed by atoms with van der Waals surface area (Å²) >= 11 is 0. The van der Waals surface area contributed by atoms with E-state index < -0.39 is 14.6 Å². The van der Waals surface area contributed by atoms with Gasteiger partial charge in [-0.2, -0.15) is 0 Å². The van der Waals surface area contributed by atoms with Crippen LogP contribution in [0.25, 0.3) is 0 Å². The smallest absolute Gasteiger partial charge is 0.244 e. The lowest BCUT2D eigenvalue weighted by Crippen LogP contribution is -2.61. The summed E-state index contributed by atoms with van der Waals surface area (Å²) in [6, 6.07) is 0. The molecule has 0 bridgehead atoms. The quantitative estimate of drug-likeness (QED) is 0.729. The first kappa shape index (κ1) is 22.4. The zero-order valence-corrected chi connectivity index (χ0v) is 17.7. The summed E-state index contributed by atoms with van der Waals surface area (Å²) in [6.07, 6.45) is 7.25. The number of hydrogen-bond donors (Lipinski definition) is 1. The molecule has 0 aromatic rings. The Morgan fingerprint density at radius 1 is 0.926 bits per heavy atom. The highest BCUT2D eigenvalue weighted by atomic mass is 35.5. The number of piperazine rings is 1. The summed E-state index contributed by atoms with van der Waals surface area (Å²) in [5.74, 6) is 0.0838. The zero-order chi connectivity index (χ0) is 18.8. The molecule has 9 heteroatoms. The number of sulfone groups is 1. The standard InChI is InChI=1S/C18H31N3O4S.ClH/c1-26(24,25)18(7-9-19-10-8-18)17(23)21-13-11-20(12-14-21)16(22)15-5-3-2-4-6-15;/h15,19H,2-14H2,1H3;1H. The predicted molar refractivity (Wildman–Crippen MR) is 107 cm³/mol. The molecule has 2 amide bonds. The number of rotatable bonds is 3. The van der Waals surface area contributed by atoms with Crippen molar-refractivity contribution >= 4 is 34.1 Å². The number of nitrogens with one attached hydrogen (secondary N) is 1. The van der Waals surface area contributed by atoms with Crippen molar-refractivity contribution in [1.29, 1.82) is 0 Å². The summed E-state index contributed by atoms with van der Waals surface area (Å²) in [7, 11) is -3.49. The molecule has 3 fully saturated rings. The van der Waals surface area contributed by atoms with E-state index in [0.29, 0.717) is 52.1 Å². The summed E-state index contributed by atoms with van der Waals surface area (Å²) < 4.78 is 23.6.